The zero-order valence-corrected chi connectivity index (χ0v) is 29.1. The summed E-state index contributed by atoms with van der Waals surface area (Å²) >= 11 is 0. The standard InChI is InChI=1S/C39H56N4O5/c1-24(44)40-31-12-3-26(4-13-31)21-28-7-16-33(17-8-28)42-37(46)30-11-20-35-36(23-30)39(48)43(38(35)47)34-18-9-29(10-19-34)22-27-5-14-32(15-6-27)41-25(2)45/h11,20,23,26-29,31-34H,3-10,12-19,21-22H2,1-2H3,(H,40,44)(H,41,45)(H,42,46). The molecule has 0 radical (unpaired) electrons. The highest BCUT2D eigenvalue weighted by molar-refractivity contribution is 6.22. The first-order valence-electron chi connectivity index (χ1n) is 19.0. The van der Waals surface area contributed by atoms with Crippen molar-refractivity contribution in [3.05, 3.63) is 34.9 Å². The van der Waals surface area contributed by atoms with Gasteiger partial charge in [-0.2, -0.15) is 0 Å². The highest BCUT2D eigenvalue weighted by Gasteiger charge is 2.42. The first-order valence-corrected chi connectivity index (χ1v) is 19.0. The lowest BCUT2D eigenvalue weighted by molar-refractivity contribution is -0.120. The largest absolute Gasteiger partial charge is 0.354 e. The third kappa shape index (κ3) is 8.49. The topological polar surface area (TPSA) is 125 Å². The predicted octanol–water partition coefficient (Wildman–Crippen LogP) is 6.30. The second-order valence-electron chi connectivity index (χ2n) is 15.9. The Labute approximate surface area is 286 Å². The van der Waals surface area contributed by atoms with Crippen molar-refractivity contribution in [2.24, 2.45) is 23.7 Å². The molecule has 0 unspecified atom stereocenters. The molecule has 0 bridgehead atoms. The first-order chi connectivity index (χ1) is 23.1. The van der Waals surface area contributed by atoms with Crippen molar-refractivity contribution in [3.63, 3.8) is 0 Å². The Bertz CT molecular complexity index is 1350. The number of amides is 5. The van der Waals surface area contributed by atoms with Crippen LogP contribution in [0.5, 0.6) is 0 Å². The van der Waals surface area contributed by atoms with Crippen LogP contribution in [0.4, 0.5) is 0 Å². The van der Waals surface area contributed by atoms with E-state index in [1.54, 1.807) is 32.0 Å². The second kappa shape index (κ2) is 15.5. The number of benzene rings is 1. The van der Waals surface area contributed by atoms with E-state index in [-0.39, 0.29) is 41.6 Å². The smallest absolute Gasteiger partial charge is 0.261 e. The fourth-order valence-corrected chi connectivity index (χ4v) is 9.79. The zero-order valence-electron chi connectivity index (χ0n) is 29.1. The normalized spacial score (nSPS) is 32.3. The van der Waals surface area contributed by atoms with Gasteiger partial charge < -0.3 is 16.0 Å². The average Bonchev–Trinajstić information content (AvgIpc) is 3.32. The van der Waals surface area contributed by atoms with Crippen LogP contribution in [0.1, 0.15) is 160 Å². The summed E-state index contributed by atoms with van der Waals surface area (Å²) in [5, 5.41) is 9.35. The minimum atomic E-state index is -0.254. The second-order valence-corrected chi connectivity index (χ2v) is 15.9. The summed E-state index contributed by atoms with van der Waals surface area (Å²) in [6, 6.07) is 5.72. The third-order valence-corrected chi connectivity index (χ3v) is 12.4. The highest BCUT2D eigenvalue weighted by atomic mass is 16.2. The predicted molar refractivity (Wildman–Crippen MR) is 184 cm³/mol. The van der Waals surface area contributed by atoms with E-state index in [4.69, 9.17) is 0 Å². The van der Waals surface area contributed by atoms with E-state index in [9.17, 15) is 24.0 Å². The number of carbonyl (C=O) groups excluding carboxylic acids is 5. The van der Waals surface area contributed by atoms with E-state index in [1.165, 1.54) is 30.6 Å². The molecule has 48 heavy (non-hydrogen) atoms. The van der Waals surface area contributed by atoms with E-state index in [1.807, 2.05) is 0 Å². The van der Waals surface area contributed by atoms with Gasteiger partial charge in [-0.25, -0.2) is 0 Å². The minimum absolute atomic E-state index is 0.0591. The molecule has 3 N–H and O–H groups in total. The molecule has 1 heterocycles. The highest BCUT2D eigenvalue weighted by Crippen LogP contribution is 2.39. The molecule has 1 aliphatic heterocycles. The Balaban J connectivity index is 0.936. The van der Waals surface area contributed by atoms with Crippen molar-refractivity contribution in [1.29, 1.82) is 0 Å². The number of hydrogen-bond acceptors (Lipinski definition) is 5. The number of hydrogen-bond donors (Lipinski definition) is 3. The molecule has 4 fully saturated rings. The molecular weight excluding hydrogens is 604 g/mol. The fraction of sp³-hybridized carbons (Fsp3) is 0.718. The van der Waals surface area contributed by atoms with Crippen LogP contribution in [0, 0.1) is 23.7 Å². The van der Waals surface area contributed by atoms with Crippen LogP contribution in [0.15, 0.2) is 18.2 Å². The molecule has 5 amide bonds. The van der Waals surface area contributed by atoms with Crippen LogP contribution >= 0.6 is 0 Å². The number of nitrogens with one attached hydrogen (secondary N) is 3. The number of carbonyl (C=O) groups is 5. The van der Waals surface area contributed by atoms with Crippen molar-refractivity contribution in [2.75, 3.05) is 0 Å². The lowest BCUT2D eigenvalue weighted by Gasteiger charge is -2.36. The first kappa shape index (κ1) is 34.6. The molecule has 5 aliphatic rings. The van der Waals surface area contributed by atoms with Crippen LogP contribution in [0.2, 0.25) is 0 Å². The van der Waals surface area contributed by atoms with Gasteiger partial charge in [0.25, 0.3) is 17.7 Å². The Morgan fingerprint density at radius 2 is 0.958 bits per heavy atom. The maximum absolute atomic E-state index is 13.6. The van der Waals surface area contributed by atoms with E-state index in [0.29, 0.717) is 46.5 Å². The maximum atomic E-state index is 13.6. The van der Waals surface area contributed by atoms with Gasteiger partial charge in [0, 0.05) is 43.6 Å². The molecule has 6 rings (SSSR count). The van der Waals surface area contributed by atoms with Gasteiger partial charge in [0.05, 0.1) is 11.1 Å². The van der Waals surface area contributed by atoms with Gasteiger partial charge in [0.2, 0.25) is 11.8 Å². The molecule has 0 aromatic heterocycles. The van der Waals surface area contributed by atoms with Gasteiger partial charge in [-0.1, -0.05) is 0 Å². The number of nitrogens with zero attached hydrogens (tertiary/aromatic N) is 1. The van der Waals surface area contributed by atoms with Gasteiger partial charge >= 0.3 is 0 Å². The molecule has 9 heteroatoms. The summed E-state index contributed by atoms with van der Waals surface area (Å²) < 4.78 is 0. The van der Waals surface area contributed by atoms with Gasteiger partial charge in [-0.3, -0.25) is 28.9 Å². The summed E-state index contributed by atoms with van der Waals surface area (Å²) in [6.45, 7) is 3.19. The molecule has 4 aliphatic carbocycles. The molecule has 0 saturated heterocycles. The van der Waals surface area contributed by atoms with E-state index >= 15 is 0 Å². The molecule has 1 aromatic carbocycles. The van der Waals surface area contributed by atoms with Crippen molar-refractivity contribution in [1.82, 2.24) is 20.9 Å². The van der Waals surface area contributed by atoms with Crippen molar-refractivity contribution < 1.29 is 24.0 Å². The number of imide groups is 1. The van der Waals surface area contributed by atoms with E-state index in [0.717, 1.165) is 95.8 Å². The van der Waals surface area contributed by atoms with Crippen molar-refractivity contribution in [2.45, 2.75) is 154 Å². The Kier molecular flexibility index (Phi) is 11.2. The van der Waals surface area contributed by atoms with Crippen LogP contribution in [0.3, 0.4) is 0 Å². The molecule has 0 spiro atoms. The lowest BCUT2D eigenvalue weighted by atomic mass is 9.75. The Morgan fingerprint density at radius 1 is 0.562 bits per heavy atom. The van der Waals surface area contributed by atoms with Crippen LogP contribution in [-0.2, 0) is 9.59 Å². The van der Waals surface area contributed by atoms with E-state index < -0.39 is 0 Å². The fourth-order valence-electron chi connectivity index (χ4n) is 9.79. The maximum Gasteiger partial charge on any atom is 0.261 e. The van der Waals surface area contributed by atoms with Gasteiger partial charge in [0.1, 0.15) is 0 Å². The van der Waals surface area contributed by atoms with Gasteiger partial charge in [0.15, 0.2) is 0 Å². The SMILES string of the molecule is CC(=O)NC1CCC(CC2CCC(NC(=O)c3ccc4c(c3)C(=O)N(C3CCC(CC5CCC(NC(C)=O)CC5)CC3)C4=O)CC2)CC1. The monoisotopic (exact) mass is 660 g/mol. The van der Waals surface area contributed by atoms with Gasteiger partial charge in [-0.05, 0) is 157 Å². The third-order valence-electron chi connectivity index (χ3n) is 12.4. The van der Waals surface area contributed by atoms with Crippen LogP contribution in [-0.4, -0.2) is 58.6 Å². The average molecular weight is 661 g/mol. The van der Waals surface area contributed by atoms with Crippen LogP contribution < -0.4 is 16.0 Å². The van der Waals surface area contributed by atoms with Crippen molar-refractivity contribution in [3.8, 4) is 0 Å². The molecule has 9 nitrogen and oxygen atoms in total. The summed E-state index contributed by atoms with van der Waals surface area (Å²) in [5.41, 5.74) is 1.23. The minimum Gasteiger partial charge on any atom is -0.354 e. The molecule has 262 valence electrons. The molecule has 1 aromatic rings. The zero-order chi connectivity index (χ0) is 33.8. The molecular formula is C39H56N4O5. The lowest BCUT2D eigenvalue weighted by Crippen LogP contribution is -2.42. The van der Waals surface area contributed by atoms with Crippen molar-refractivity contribution >= 4 is 29.5 Å². The Hall–Kier alpha value is -3.23. The summed E-state index contributed by atoms with van der Waals surface area (Å²) in [6.07, 6.45) is 19.3. The van der Waals surface area contributed by atoms with Gasteiger partial charge in [-0.15, -0.1) is 0 Å². The summed E-state index contributed by atoms with van der Waals surface area (Å²) in [4.78, 5) is 64.5. The van der Waals surface area contributed by atoms with Crippen LogP contribution in [0.25, 0.3) is 0 Å². The molecule has 4 saturated carbocycles. The van der Waals surface area contributed by atoms with E-state index in [2.05, 4.69) is 16.0 Å². The summed E-state index contributed by atoms with van der Waals surface area (Å²) in [5.74, 6) is 2.25. The number of rotatable bonds is 9. The Morgan fingerprint density at radius 3 is 1.40 bits per heavy atom. The molecule has 0 atom stereocenters. The number of fused-ring (bicyclic) bond motifs is 1. The quantitative estimate of drug-likeness (QED) is 0.268. The summed E-state index contributed by atoms with van der Waals surface area (Å²) in [7, 11) is 0.